The summed E-state index contributed by atoms with van der Waals surface area (Å²) < 4.78 is 16.5. The van der Waals surface area contributed by atoms with Crippen LogP contribution in [0.1, 0.15) is 23.2 Å². The van der Waals surface area contributed by atoms with Gasteiger partial charge in [0.2, 0.25) is 5.91 Å². The van der Waals surface area contributed by atoms with Crippen LogP contribution >= 0.6 is 0 Å². The largest absolute Gasteiger partial charge is 0.493 e. The topological polar surface area (TPSA) is 88.6 Å². The second-order valence-electron chi connectivity index (χ2n) is 8.67. The van der Waals surface area contributed by atoms with Crippen LogP contribution in [0, 0.1) is 0 Å². The summed E-state index contributed by atoms with van der Waals surface area (Å²) in [7, 11) is 3.59. The van der Waals surface area contributed by atoms with Gasteiger partial charge in [-0.3, -0.25) is 14.4 Å². The highest BCUT2D eigenvalue weighted by Crippen LogP contribution is 2.33. The summed E-state index contributed by atoms with van der Waals surface area (Å²) in [5, 5.41) is 0. The number of rotatable bonds is 9. The number of carbonyl (C=O) groups excluding carboxylic acids is 3. The first-order valence-electron chi connectivity index (χ1n) is 11.8. The number of carbonyl (C=O) groups is 3. The van der Waals surface area contributed by atoms with Gasteiger partial charge in [-0.1, -0.05) is 12.1 Å². The molecule has 2 heterocycles. The molecule has 0 N–H and O–H groups in total. The predicted molar refractivity (Wildman–Crippen MR) is 130 cm³/mol. The van der Waals surface area contributed by atoms with E-state index in [4.69, 9.17) is 14.2 Å². The maximum atomic E-state index is 12.8. The number of piperazine rings is 1. The number of Topliss-reactive ketones (excluding diaryl/α,β-unsaturated/α-hetero) is 1. The Morgan fingerprint density at radius 3 is 2.51 bits per heavy atom. The molecule has 0 aliphatic carbocycles. The normalized spacial score (nSPS) is 15.9. The van der Waals surface area contributed by atoms with Crippen LogP contribution in [0.4, 0.5) is 5.69 Å². The molecular weight excluding hydrogens is 450 g/mol. The highest BCUT2D eigenvalue weighted by atomic mass is 16.5. The zero-order valence-corrected chi connectivity index (χ0v) is 20.2. The van der Waals surface area contributed by atoms with Crippen molar-refractivity contribution in [1.29, 1.82) is 0 Å². The number of benzene rings is 2. The van der Waals surface area contributed by atoms with Crippen molar-refractivity contribution < 1.29 is 28.6 Å². The molecule has 4 rings (SSSR count). The molecule has 1 saturated heterocycles. The fourth-order valence-corrected chi connectivity index (χ4v) is 4.19. The predicted octanol–water partition coefficient (Wildman–Crippen LogP) is 2.24. The number of ketones is 1. The van der Waals surface area contributed by atoms with Crippen molar-refractivity contribution >= 4 is 23.3 Å². The molecule has 0 unspecified atom stereocenters. The van der Waals surface area contributed by atoms with E-state index < -0.39 is 0 Å². The number of likely N-dealkylation sites (N-methyl/N-ethyl adjacent to an activating group) is 1. The first-order valence-corrected chi connectivity index (χ1v) is 11.8. The molecule has 2 aromatic rings. The number of anilines is 1. The molecule has 2 aliphatic heterocycles. The van der Waals surface area contributed by atoms with E-state index in [1.165, 1.54) is 7.11 Å². The van der Waals surface area contributed by atoms with Gasteiger partial charge in [0.15, 0.2) is 30.5 Å². The minimum absolute atomic E-state index is 0.0659. The molecule has 35 heavy (non-hydrogen) atoms. The molecule has 1 fully saturated rings. The lowest BCUT2D eigenvalue weighted by Crippen LogP contribution is -2.47. The molecule has 2 aliphatic rings. The molecule has 0 atom stereocenters. The van der Waals surface area contributed by atoms with Crippen molar-refractivity contribution in [3.8, 4) is 17.2 Å². The van der Waals surface area contributed by atoms with Gasteiger partial charge in [-0.15, -0.1) is 0 Å². The van der Waals surface area contributed by atoms with E-state index in [0.717, 1.165) is 26.2 Å². The van der Waals surface area contributed by atoms with Crippen molar-refractivity contribution in [3.05, 3.63) is 48.0 Å². The molecular formula is C26H31N3O6. The number of hydrogen-bond donors (Lipinski definition) is 0. The van der Waals surface area contributed by atoms with E-state index in [0.29, 0.717) is 47.9 Å². The van der Waals surface area contributed by atoms with E-state index in [1.807, 2.05) is 18.0 Å². The quantitative estimate of drug-likeness (QED) is 0.508. The van der Waals surface area contributed by atoms with Gasteiger partial charge in [-0.25, -0.2) is 0 Å². The second-order valence-corrected chi connectivity index (χ2v) is 8.67. The summed E-state index contributed by atoms with van der Waals surface area (Å²) in [4.78, 5) is 43.7. The fourth-order valence-electron chi connectivity index (χ4n) is 4.19. The Morgan fingerprint density at radius 1 is 1.03 bits per heavy atom. The summed E-state index contributed by atoms with van der Waals surface area (Å²) in [5.41, 5.74) is 0.951. The number of fused-ring (bicyclic) bond motifs is 1. The molecule has 2 aromatic carbocycles. The molecule has 0 radical (unpaired) electrons. The molecule has 0 spiro atoms. The maximum Gasteiger partial charge on any atom is 0.265 e. The number of ether oxygens (including phenoxy) is 3. The van der Waals surface area contributed by atoms with E-state index in [2.05, 4.69) is 4.90 Å². The van der Waals surface area contributed by atoms with Gasteiger partial charge >= 0.3 is 0 Å². The lowest BCUT2D eigenvalue weighted by molar-refractivity contribution is -0.133. The molecule has 0 bridgehead atoms. The molecule has 9 nitrogen and oxygen atoms in total. The standard InChI is InChI=1S/C26H31N3O6/c1-27-12-14-28(15-13-27)25(31)8-5-11-29-20-16-19(9-10-22(20)35-18-26(29)32)21(30)17-34-24-7-4-3-6-23(24)33-2/h3-4,6-7,9-10,16H,5,8,11-15,17-18H2,1-2H3. The highest BCUT2D eigenvalue weighted by Gasteiger charge is 2.27. The molecule has 9 heteroatoms. The summed E-state index contributed by atoms with van der Waals surface area (Å²) >= 11 is 0. The number of amides is 2. The Hall–Kier alpha value is -3.59. The van der Waals surface area contributed by atoms with Crippen LogP contribution in [-0.4, -0.2) is 87.5 Å². The van der Waals surface area contributed by atoms with E-state index in [9.17, 15) is 14.4 Å². The lowest BCUT2D eigenvalue weighted by Gasteiger charge is -2.33. The molecule has 186 valence electrons. The highest BCUT2D eigenvalue weighted by molar-refractivity contribution is 6.02. The Kier molecular flexibility index (Phi) is 7.87. The number of para-hydroxylation sites is 2. The Morgan fingerprint density at radius 2 is 1.77 bits per heavy atom. The number of nitrogens with zero attached hydrogens (tertiary/aromatic N) is 3. The summed E-state index contributed by atoms with van der Waals surface area (Å²) in [5.74, 6) is 1.24. The van der Waals surface area contributed by atoms with Crippen LogP contribution in [0.3, 0.4) is 0 Å². The van der Waals surface area contributed by atoms with Crippen LogP contribution in [0.25, 0.3) is 0 Å². The second kappa shape index (κ2) is 11.2. The number of hydrogen-bond acceptors (Lipinski definition) is 7. The van der Waals surface area contributed by atoms with Crippen LogP contribution < -0.4 is 19.1 Å². The third-order valence-corrected chi connectivity index (χ3v) is 6.28. The van der Waals surface area contributed by atoms with Gasteiger partial charge < -0.3 is 28.9 Å². The third kappa shape index (κ3) is 5.92. The van der Waals surface area contributed by atoms with Crippen LogP contribution in [-0.2, 0) is 9.59 Å². The Balaban J connectivity index is 1.38. The fraction of sp³-hybridized carbons (Fsp3) is 0.423. The summed E-state index contributed by atoms with van der Waals surface area (Å²) in [6.45, 7) is 3.35. The van der Waals surface area contributed by atoms with Gasteiger partial charge in [0.05, 0.1) is 12.8 Å². The average Bonchev–Trinajstić information content (AvgIpc) is 2.88. The minimum Gasteiger partial charge on any atom is -0.493 e. The molecule has 0 saturated carbocycles. The van der Waals surface area contributed by atoms with Crippen molar-refractivity contribution in [2.45, 2.75) is 12.8 Å². The van der Waals surface area contributed by atoms with Crippen LogP contribution in [0.5, 0.6) is 17.2 Å². The van der Waals surface area contributed by atoms with Gasteiger partial charge in [-0.05, 0) is 43.8 Å². The summed E-state index contributed by atoms with van der Waals surface area (Å²) in [6, 6.07) is 12.1. The monoisotopic (exact) mass is 481 g/mol. The van der Waals surface area contributed by atoms with Crippen molar-refractivity contribution in [1.82, 2.24) is 9.80 Å². The molecule has 0 aromatic heterocycles. The van der Waals surface area contributed by atoms with Gasteiger partial charge in [-0.2, -0.15) is 0 Å². The zero-order chi connectivity index (χ0) is 24.8. The van der Waals surface area contributed by atoms with Crippen LogP contribution in [0.2, 0.25) is 0 Å². The van der Waals surface area contributed by atoms with Gasteiger partial charge in [0.1, 0.15) is 5.75 Å². The number of methoxy groups -OCH3 is 1. The van der Waals surface area contributed by atoms with Gasteiger partial charge in [0.25, 0.3) is 5.91 Å². The van der Waals surface area contributed by atoms with Gasteiger partial charge in [0, 0.05) is 44.7 Å². The Bertz CT molecular complexity index is 1080. The Labute approximate surface area is 205 Å². The smallest absolute Gasteiger partial charge is 0.265 e. The average molecular weight is 482 g/mol. The first kappa shape index (κ1) is 24.5. The third-order valence-electron chi connectivity index (χ3n) is 6.28. The van der Waals surface area contributed by atoms with E-state index >= 15 is 0 Å². The first-order chi connectivity index (χ1) is 17.0. The van der Waals surface area contributed by atoms with Crippen molar-refractivity contribution in [2.75, 3.05) is 65.0 Å². The zero-order valence-electron chi connectivity index (χ0n) is 20.2. The molecule has 2 amide bonds. The summed E-state index contributed by atoms with van der Waals surface area (Å²) in [6.07, 6.45) is 0.903. The van der Waals surface area contributed by atoms with Crippen molar-refractivity contribution in [2.24, 2.45) is 0 Å². The van der Waals surface area contributed by atoms with E-state index in [-0.39, 0.29) is 30.8 Å². The van der Waals surface area contributed by atoms with E-state index in [1.54, 1.807) is 41.3 Å². The minimum atomic E-state index is -0.234. The SMILES string of the molecule is COc1ccccc1OCC(=O)c1ccc2c(c1)N(CCCC(=O)N1CCN(C)CC1)C(=O)CO2. The van der Waals surface area contributed by atoms with Crippen LogP contribution in [0.15, 0.2) is 42.5 Å². The van der Waals surface area contributed by atoms with Crippen molar-refractivity contribution in [3.63, 3.8) is 0 Å². The lowest BCUT2D eigenvalue weighted by atomic mass is 10.1. The maximum absolute atomic E-state index is 12.8.